The van der Waals surface area contributed by atoms with Crippen LogP contribution in [0, 0.1) is 5.92 Å². The molecule has 4 rings (SSSR count). The van der Waals surface area contributed by atoms with E-state index in [4.69, 9.17) is 0 Å². The first-order valence-electron chi connectivity index (χ1n) is 10.1. The van der Waals surface area contributed by atoms with Gasteiger partial charge in [0.25, 0.3) is 5.91 Å². The van der Waals surface area contributed by atoms with Crippen LogP contribution < -0.4 is 15.5 Å². The Morgan fingerprint density at radius 1 is 1.03 bits per heavy atom. The van der Waals surface area contributed by atoms with Crippen LogP contribution in [-0.4, -0.2) is 30.9 Å². The molecule has 29 heavy (non-hydrogen) atoms. The summed E-state index contributed by atoms with van der Waals surface area (Å²) in [6, 6.07) is 17.9. The molecular weight excluding hydrogens is 386 g/mol. The number of benzene rings is 2. The third-order valence-corrected chi connectivity index (χ3v) is 5.89. The highest BCUT2D eigenvalue weighted by atomic mass is 35.5. The average molecular weight is 414 g/mol. The van der Waals surface area contributed by atoms with E-state index in [0.717, 1.165) is 18.5 Å². The van der Waals surface area contributed by atoms with Crippen molar-refractivity contribution in [3.8, 4) is 0 Å². The Morgan fingerprint density at radius 3 is 2.41 bits per heavy atom. The van der Waals surface area contributed by atoms with E-state index in [1.165, 1.54) is 12.8 Å². The van der Waals surface area contributed by atoms with E-state index in [2.05, 4.69) is 10.6 Å². The van der Waals surface area contributed by atoms with Gasteiger partial charge in [0, 0.05) is 42.5 Å². The summed E-state index contributed by atoms with van der Waals surface area (Å²) >= 11 is 0. The first-order valence-corrected chi connectivity index (χ1v) is 10.1. The van der Waals surface area contributed by atoms with Gasteiger partial charge in [0.1, 0.15) is 0 Å². The van der Waals surface area contributed by atoms with Crippen molar-refractivity contribution in [2.75, 3.05) is 17.3 Å². The minimum Gasteiger partial charge on any atom is -0.326 e. The molecule has 2 aliphatic heterocycles. The van der Waals surface area contributed by atoms with Crippen LogP contribution in [0.5, 0.6) is 0 Å². The number of amides is 2. The summed E-state index contributed by atoms with van der Waals surface area (Å²) in [5, 5.41) is 6.60. The SMILES string of the molecule is CN(C(=O)c1cccc(NC(=O)CC2CC3CCC(C2)N3)c1)c1ccccc1.Cl. The molecule has 2 bridgehead atoms. The van der Waals surface area contributed by atoms with Crippen LogP contribution in [-0.2, 0) is 4.79 Å². The van der Waals surface area contributed by atoms with Gasteiger partial charge in [-0.1, -0.05) is 24.3 Å². The van der Waals surface area contributed by atoms with Crippen LogP contribution in [0.1, 0.15) is 42.5 Å². The second-order valence-electron chi connectivity index (χ2n) is 8.01. The highest BCUT2D eigenvalue weighted by Gasteiger charge is 2.34. The minimum absolute atomic E-state index is 0. The molecule has 2 fully saturated rings. The summed E-state index contributed by atoms with van der Waals surface area (Å²) in [7, 11) is 1.76. The maximum absolute atomic E-state index is 12.8. The van der Waals surface area contributed by atoms with Crippen LogP contribution >= 0.6 is 12.4 Å². The van der Waals surface area contributed by atoms with E-state index < -0.39 is 0 Å². The molecule has 0 spiro atoms. The molecule has 2 aliphatic rings. The Balaban J connectivity index is 0.00000240. The lowest BCUT2D eigenvalue weighted by molar-refractivity contribution is -0.117. The Kier molecular flexibility index (Phi) is 6.93. The average Bonchev–Trinajstić information content (AvgIpc) is 3.05. The number of piperidine rings is 1. The van der Waals surface area contributed by atoms with Gasteiger partial charge in [-0.3, -0.25) is 9.59 Å². The summed E-state index contributed by atoms with van der Waals surface area (Å²) in [5.41, 5.74) is 2.07. The van der Waals surface area contributed by atoms with Crippen LogP contribution in [0.3, 0.4) is 0 Å². The van der Waals surface area contributed by atoms with Crippen LogP contribution in [0.15, 0.2) is 54.6 Å². The van der Waals surface area contributed by atoms with Gasteiger partial charge >= 0.3 is 0 Å². The Hall–Kier alpha value is -2.37. The predicted molar refractivity (Wildman–Crippen MR) is 119 cm³/mol. The summed E-state index contributed by atoms with van der Waals surface area (Å²) in [5.74, 6) is 0.386. The fourth-order valence-electron chi connectivity index (χ4n) is 4.51. The topological polar surface area (TPSA) is 61.4 Å². The number of para-hydroxylation sites is 1. The van der Waals surface area contributed by atoms with Crippen molar-refractivity contribution in [1.29, 1.82) is 0 Å². The number of hydrogen-bond acceptors (Lipinski definition) is 3. The quantitative estimate of drug-likeness (QED) is 0.770. The van der Waals surface area contributed by atoms with Crippen LogP contribution in [0.25, 0.3) is 0 Å². The molecule has 154 valence electrons. The van der Waals surface area contributed by atoms with Gasteiger partial charge in [-0.05, 0) is 61.9 Å². The van der Waals surface area contributed by atoms with E-state index in [9.17, 15) is 9.59 Å². The number of carbonyl (C=O) groups is 2. The molecule has 2 atom stereocenters. The molecule has 2 unspecified atom stereocenters. The fourth-order valence-corrected chi connectivity index (χ4v) is 4.51. The molecule has 0 radical (unpaired) electrons. The number of rotatable bonds is 5. The number of carbonyl (C=O) groups excluding carboxylic acids is 2. The number of nitrogens with one attached hydrogen (secondary N) is 2. The Bertz CT molecular complexity index is 846. The number of halogens is 1. The van der Waals surface area contributed by atoms with E-state index in [1.54, 1.807) is 24.1 Å². The normalized spacial score (nSPS) is 22.4. The van der Waals surface area contributed by atoms with Crippen molar-refractivity contribution < 1.29 is 9.59 Å². The lowest BCUT2D eigenvalue weighted by atomic mass is 9.89. The summed E-state index contributed by atoms with van der Waals surface area (Å²) < 4.78 is 0. The predicted octanol–water partition coefficient (Wildman–Crippen LogP) is 4.24. The molecule has 2 saturated heterocycles. The molecule has 0 saturated carbocycles. The smallest absolute Gasteiger partial charge is 0.258 e. The lowest BCUT2D eigenvalue weighted by Gasteiger charge is -2.28. The molecule has 2 N–H and O–H groups in total. The largest absolute Gasteiger partial charge is 0.326 e. The first-order chi connectivity index (χ1) is 13.6. The molecule has 0 aliphatic carbocycles. The monoisotopic (exact) mass is 413 g/mol. The maximum Gasteiger partial charge on any atom is 0.258 e. The molecule has 2 amide bonds. The fraction of sp³-hybridized carbons (Fsp3) is 0.391. The lowest BCUT2D eigenvalue weighted by Crippen LogP contribution is -2.39. The third-order valence-electron chi connectivity index (χ3n) is 5.89. The second kappa shape index (κ2) is 9.42. The molecular formula is C23H28ClN3O2. The van der Waals surface area contributed by atoms with Crippen LogP contribution in [0.4, 0.5) is 11.4 Å². The number of fused-ring (bicyclic) bond motifs is 2. The number of anilines is 2. The molecule has 0 aromatic heterocycles. The number of nitrogens with zero attached hydrogens (tertiary/aromatic N) is 1. The summed E-state index contributed by atoms with van der Waals surface area (Å²) in [6.45, 7) is 0. The van der Waals surface area contributed by atoms with E-state index in [0.29, 0.717) is 35.7 Å². The number of hydrogen-bond donors (Lipinski definition) is 2. The Labute approximate surface area is 178 Å². The van der Waals surface area contributed by atoms with E-state index in [-0.39, 0.29) is 24.2 Å². The standard InChI is InChI=1S/C23H27N3O2.ClH/c1-26(21-8-3-2-4-9-21)23(28)17-6-5-7-18(15-17)25-22(27)14-16-12-19-10-11-20(13-16)24-19;/h2-9,15-16,19-20,24H,10-14H2,1H3,(H,25,27);1H. The van der Waals surface area contributed by atoms with Crippen LogP contribution in [0.2, 0.25) is 0 Å². The van der Waals surface area contributed by atoms with Crippen molar-refractivity contribution in [1.82, 2.24) is 5.32 Å². The zero-order chi connectivity index (χ0) is 19.5. The third kappa shape index (κ3) is 5.17. The van der Waals surface area contributed by atoms with E-state index in [1.807, 2.05) is 42.5 Å². The van der Waals surface area contributed by atoms with Crippen molar-refractivity contribution in [2.24, 2.45) is 5.92 Å². The first kappa shape index (κ1) is 21.3. The van der Waals surface area contributed by atoms with Crippen molar-refractivity contribution in [2.45, 2.75) is 44.2 Å². The Morgan fingerprint density at radius 2 is 1.72 bits per heavy atom. The van der Waals surface area contributed by atoms with Crippen molar-refractivity contribution in [3.63, 3.8) is 0 Å². The van der Waals surface area contributed by atoms with Gasteiger partial charge in [-0.25, -0.2) is 0 Å². The van der Waals surface area contributed by atoms with Crippen molar-refractivity contribution >= 4 is 35.6 Å². The van der Waals surface area contributed by atoms with Gasteiger partial charge in [0.2, 0.25) is 5.91 Å². The van der Waals surface area contributed by atoms with Gasteiger partial charge in [0.05, 0.1) is 0 Å². The second-order valence-corrected chi connectivity index (χ2v) is 8.01. The van der Waals surface area contributed by atoms with Gasteiger partial charge in [-0.15, -0.1) is 12.4 Å². The summed E-state index contributed by atoms with van der Waals surface area (Å²) in [4.78, 5) is 26.9. The highest BCUT2D eigenvalue weighted by Crippen LogP contribution is 2.32. The zero-order valence-corrected chi connectivity index (χ0v) is 17.5. The van der Waals surface area contributed by atoms with Gasteiger partial charge in [-0.2, -0.15) is 0 Å². The van der Waals surface area contributed by atoms with Gasteiger partial charge < -0.3 is 15.5 Å². The molecule has 2 aromatic carbocycles. The molecule has 5 nitrogen and oxygen atoms in total. The maximum atomic E-state index is 12.8. The summed E-state index contributed by atoms with van der Waals surface area (Å²) in [6.07, 6.45) is 5.20. The zero-order valence-electron chi connectivity index (χ0n) is 16.6. The highest BCUT2D eigenvalue weighted by molar-refractivity contribution is 6.06. The minimum atomic E-state index is -0.0998. The van der Waals surface area contributed by atoms with E-state index >= 15 is 0 Å². The molecule has 2 aromatic rings. The molecule has 2 heterocycles. The molecule has 6 heteroatoms. The van der Waals surface area contributed by atoms with Crippen molar-refractivity contribution in [3.05, 3.63) is 60.2 Å². The van der Waals surface area contributed by atoms with Gasteiger partial charge in [0.15, 0.2) is 0 Å².